The van der Waals surface area contributed by atoms with Crippen molar-refractivity contribution in [2.45, 2.75) is 50.4 Å². The van der Waals surface area contributed by atoms with Crippen LogP contribution < -0.4 is 5.32 Å². The Kier molecular flexibility index (Phi) is 8.12. The number of amides is 1. The number of likely N-dealkylation sites (tertiary alicyclic amines) is 1. The molecule has 0 saturated carbocycles. The van der Waals surface area contributed by atoms with E-state index in [4.69, 9.17) is 0 Å². The molecule has 1 atom stereocenters. The molecule has 33 heavy (non-hydrogen) atoms. The summed E-state index contributed by atoms with van der Waals surface area (Å²) in [6, 6.07) is 16.3. The van der Waals surface area contributed by atoms with Crippen LogP contribution in [-0.4, -0.2) is 44.4 Å². The minimum Gasteiger partial charge on any atom is -0.350 e. The van der Waals surface area contributed by atoms with Gasteiger partial charge in [-0.25, -0.2) is 4.39 Å². The third kappa shape index (κ3) is 6.42. The van der Waals surface area contributed by atoms with Gasteiger partial charge in [-0.3, -0.25) is 14.3 Å². The van der Waals surface area contributed by atoms with Crippen LogP contribution in [0.2, 0.25) is 0 Å². The molecule has 1 amide bonds. The largest absolute Gasteiger partial charge is 0.350 e. The van der Waals surface area contributed by atoms with Crippen molar-refractivity contribution < 1.29 is 9.18 Å². The van der Waals surface area contributed by atoms with Gasteiger partial charge in [0.05, 0.1) is 12.6 Å². The number of carbonyl (C=O) groups is 1. The van der Waals surface area contributed by atoms with Gasteiger partial charge in [-0.1, -0.05) is 48.5 Å². The average Bonchev–Trinajstić information content (AvgIpc) is 3.23. The number of rotatable bonds is 9. The zero-order valence-electron chi connectivity index (χ0n) is 18.9. The molecule has 0 spiro atoms. The fraction of sp³-hybridized carbons (Fsp3) is 0.400. The van der Waals surface area contributed by atoms with Crippen LogP contribution in [0.1, 0.15) is 50.0 Å². The van der Waals surface area contributed by atoms with Crippen LogP contribution in [0.3, 0.4) is 0 Å². The molecule has 1 aliphatic heterocycles. The first-order valence-electron chi connectivity index (χ1n) is 11.5. The molecular formula is C25H30FN5OS. The molecular weight excluding hydrogens is 437 g/mol. The lowest BCUT2D eigenvalue weighted by atomic mass is 10.1. The Hall–Kier alpha value is -2.71. The highest BCUT2D eigenvalue weighted by Crippen LogP contribution is 2.24. The molecule has 0 radical (unpaired) electrons. The average molecular weight is 468 g/mol. The van der Waals surface area contributed by atoms with E-state index in [1.165, 1.54) is 43.2 Å². The lowest BCUT2D eigenvalue weighted by molar-refractivity contribution is -0.121. The summed E-state index contributed by atoms with van der Waals surface area (Å²) in [5.41, 5.74) is 1.91. The highest BCUT2D eigenvalue weighted by Gasteiger charge is 2.19. The number of thioether (sulfide) groups is 1. The van der Waals surface area contributed by atoms with Gasteiger partial charge < -0.3 is 5.32 Å². The standard InChI is InChI=1S/C25H30FN5OS/c1-19(20-8-4-2-5-9-20)27-24(32)14-17-33-25-29-28-23(18-30-15-6-3-7-16-30)31(25)22-12-10-21(26)11-13-22/h2,4-5,8-13,19H,3,6-7,14-18H2,1H3,(H,27,32). The fourth-order valence-corrected chi connectivity index (χ4v) is 4.95. The smallest absolute Gasteiger partial charge is 0.221 e. The molecule has 3 aromatic rings. The predicted octanol–water partition coefficient (Wildman–Crippen LogP) is 4.75. The second-order valence-corrected chi connectivity index (χ2v) is 9.41. The van der Waals surface area contributed by atoms with Crippen LogP contribution in [-0.2, 0) is 11.3 Å². The van der Waals surface area contributed by atoms with Crippen LogP contribution in [0.4, 0.5) is 4.39 Å². The molecule has 4 rings (SSSR count). The summed E-state index contributed by atoms with van der Waals surface area (Å²) in [5.74, 6) is 1.15. The van der Waals surface area contributed by atoms with Crippen LogP contribution in [0.25, 0.3) is 5.69 Å². The third-order valence-corrected chi connectivity index (χ3v) is 6.77. The van der Waals surface area contributed by atoms with Crippen molar-refractivity contribution in [2.24, 2.45) is 0 Å². The summed E-state index contributed by atoms with van der Waals surface area (Å²) in [4.78, 5) is 14.9. The monoisotopic (exact) mass is 467 g/mol. The second kappa shape index (κ2) is 11.4. The van der Waals surface area contributed by atoms with Gasteiger partial charge in [0.15, 0.2) is 11.0 Å². The number of nitrogens with one attached hydrogen (secondary N) is 1. The van der Waals surface area contributed by atoms with Crippen LogP contribution in [0.5, 0.6) is 0 Å². The zero-order valence-corrected chi connectivity index (χ0v) is 19.7. The minimum absolute atomic E-state index is 0.000223. The Balaban J connectivity index is 1.41. The first-order valence-corrected chi connectivity index (χ1v) is 12.5. The van der Waals surface area contributed by atoms with Crippen molar-refractivity contribution >= 4 is 17.7 Å². The number of carbonyl (C=O) groups excluding carboxylic acids is 1. The Morgan fingerprint density at radius 3 is 2.52 bits per heavy atom. The van der Waals surface area contributed by atoms with E-state index in [0.717, 1.165) is 35.3 Å². The maximum atomic E-state index is 13.5. The van der Waals surface area contributed by atoms with E-state index in [9.17, 15) is 9.18 Å². The van der Waals surface area contributed by atoms with Gasteiger partial charge in [0.1, 0.15) is 5.82 Å². The van der Waals surface area contributed by atoms with Crippen LogP contribution in [0, 0.1) is 5.82 Å². The first kappa shape index (κ1) is 23.4. The van der Waals surface area contributed by atoms with Gasteiger partial charge in [0.2, 0.25) is 5.91 Å². The Labute approximate surface area is 198 Å². The Bertz CT molecular complexity index is 1030. The van der Waals surface area contributed by atoms with Gasteiger partial charge >= 0.3 is 0 Å². The number of aromatic nitrogens is 3. The van der Waals surface area contributed by atoms with Crippen molar-refractivity contribution in [1.82, 2.24) is 25.0 Å². The predicted molar refractivity (Wildman–Crippen MR) is 129 cm³/mol. The SMILES string of the molecule is CC(NC(=O)CCSc1nnc(CN2CCCCC2)n1-c1ccc(F)cc1)c1ccccc1. The van der Waals surface area contributed by atoms with Crippen LogP contribution in [0.15, 0.2) is 59.8 Å². The maximum Gasteiger partial charge on any atom is 0.221 e. The zero-order chi connectivity index (χ0) is 23.0. The Morgan fingerprint density at radius 2 is 1.79 bits per heavy atom. The van der Waals surface area contributed by atoms with Crippen molar-refractivity contribution in [3.63, 3.8) is 0 Å². The number of hydrogen-bond donors (Lipinski definition) is 1. The van der Waals surface area contributed by atoms with Gasteiger partial charge in [-0.15, -0.1) is 10.2 Å². The number of halogens is 1. The fourth-order valence-electron chi connectivity index (χ4n) is 4.04. The van der Waals surface area contributed by atoms with Gasteiger partial charge in [0.25, 0.3) is 0 Å². The molecule has 174 valence electrons. The minimum atomic E-state index is -0.275. The summed E-state index contributed by atoms with van der Waals surface area (Å²) in [7, 11) is 0. The van der Waals surface area contributed by atoms with E-state index in [0.29, 0.717) is 18.7 Å². The second-order valence-electron chi connectivity index (χ2n) is 8.35. The van der Waals surface area contributed by atoms with E-state index >= 15 is 0 Å². The van der Waals surface area contributed by atoms with Gasteiger partial charge in [-0.05, 0) is 62.7 Å². The van der Waals surface area contributed by atoms with E-state index in [1.807, 2.05) is 41.8 Å². The molecule has 2 heterocycles. The molecule has 1 N–H and O–H groups in total. The maximum absolute atomic E-state index is 13.5. The summed E-state index contributed by atoms with van der Waals surface area (Å²) < 4.78 is 15.5. The van der Waals surface area contributed by atoms with E-state index in [1.54, 1.807) is 12.1 Å². The highest BCUT2D eigenvalue weighted by molar-refractivity contribution is 7.99. The quantitative estimate of drug-likeness (QED) is 0.460. The number of hydrogen-bond acceptors (Lipinski definition) is 5. The molecule has 2 aromatic carbocycles. The lowest BCUT2D eigenvalue weighted by Crippen LogP contribution is -2.30. The normalized spacial score (nSPS) is 15.3. The number of benzene rings is 2. The van der Waals surface area contributed by atoms with E-state index in [2.05, 4.69) is 20.4 Å². The van der Waals surface area contributed by atoms with Crippen molar-refractivity contribution in [3.8, 4) is 5.69 Å². The molecule has 1 fully saturated rings. The molecule has 1 unspecified atom stereocenters. The first-order chi connectivity index (χ1) is 16.1. The highest BCUT2D eigenvalue weighted by atomic mass is 32.2. The summed E-state index contributed by atoms with van der Waals surface area (Å²) in [5, 5.41) is 12.6. The molecule has 0 aliphatic carbocycles. The summed E-state index contributed by atoms with van der Waals surface area (Å²) in [6.45, 7) is 4.80. The molecule has 0 bridgehead atoms. The molecule has 1 aromatic heterocycles. The van der Waals surface area contributed by atoms with E-state index < -0.39 is 0 Å². The molecule has 1 saturated heterocycles. The molecule has 6 nitrogen and oxygen atoms in total. The third-order valence-electron chi connectivity index (χ3n) is 5.84. The lowest BCUT2D eigenvalue weighted by Gasteiger charge is -2.26. The van der Waals surface area contributed by atoms with Crippen molar-refractivity contribution in [2.75, 3.05) is 18.8 Å². The molecule has 1 aliphatic rings. The summed E-state index contributed by atoms with van der Waals surface area (Å²) in [6.07, 6.45) is 4.04. The topological polar surface area (TPSA) is 63.1 Å². The number of nitrogens with zero attached hydrogens (tertiary/aromatic N) is 4. The van der Waals surface area contributed by atoms with Crippen molar-refractivity contribution in [3.05, 3.63) is 71.8 Å². The van der Waals surface area contributed by atoms with Gasteiger partial charge in [0, 0.05) is 17.9 Å². The number of piperidine rings is 1. The molecule has 8 heteroatoms. The Morgan fingerprint density at radius 1 is 1.06 bits per heavy atom. The van der Waals surface area contributed by atoms with Gasteiger partial charge in [-0.2, -0.15) is 0 Å². The van der Waals surface area contributed by atoms with Crippen LogP contribution >= 0.6 is 11.8 Å². The summed E-state index contributed by atoms with van der Waals surface area (Å²) >= 11 is 1.50. The van der Waals surface area contributed by atoms with E-state index in [-0.39, 0.29) is 17.8 Å². The van der Waals surface area contributed by atoms with Crippen molar-refractivity contribution in [1.29, 1.82) is 0 Å².